The van der Waals surface area contributed by atoms with Gasteiger partial charge in [0.05, 0.1) is 6.10 Å². The van der Waals surface area contributed by atoms with Gasteiger partial charge in [-0.25, -0.2) is 4.39 Å². The topological polar surface area (TPSA) is 38.7 Å². The van der Waals surface area contributed by atoms with Crippen molar-refractivity contribution in [3.05, 3.63) is 59.4 Å². The number of rotatable bonds is 4. The Labute approximate surface area is 122 Å². The summed E-state index contributed by atoms with van der Waals surface area (Å²) in [6.45, 7) is 2.13. The molecular weight excluding hydrogens is 271 g/mol. The lowest BCUT2D eigenvalue weighted by atomic mass is 10.1. The smallest absolute Gasteiger partial charge is 0.137 e. The van der Waals surface area contributed by atoms with Gasteiger partial charge in [0.2, 0.25) is 0 Å². The Kier molecular flexibility index (Phi) is 3.80. The molecule has 1 aliphatic rings. The highest BCUT2D eigenvalue weighted by atomic mass is 19.1. The van der Waals surface area contributed by atoms with Crippen LogP contribution in [0.3, 0.4) is 0 Å². The zero-order chi connectivity index (χ0) is 14.8. The molecule has 0 amide bonds. The second-order valence-corrected chi connectivity index (χ2v) is 5.25. The van der Waals surface area contributed by atoms with Crippen molar-refractivity contribution in [2.75, 3.05) is 6.61 Å². The molecule has 0 aliphatic carbocycles. The van der Waals surface area contributed by atoms with E-state index >= 15 is 0 Å². The average Bonchev–Trinajstić information content (AvgIpc) is 2.87. The van der Waals surface area contributed by atoms with Crippen LogP contribution in [-0.2, 0) is 6.42 Å². The number of benzene rings is 2. The predicted molar refractivity (Wildman–Crippen MR) is 77.1 cm³/mol. The fourth-order valence-corrected chi connectivity index (χ4v) is 2.41. The molecule has 4 heteroatoms. The van der Waals surface area contributed by atoms with E-state index in [1.165, 1.54) is 12.1 Å². The molecule has 0 aromatic heterocycles. The van der Waals surface area contributed by atoms with Crippen LogP contribution in [0.4, 0.5) is 4.39 Å². The number of aliphatic hydroxyl groups excluding tert-OH is 1. The molecule has 0 bridgehead atoms. The van der Waals surface area contributed by atoms with Crippen LogP contribution in [0.5, 0.6) is 11.5 Å². The zero-order valence-corrected chi connectivity index (χ0v) is 11.8. The summed E-state index contributed by atoms with van der Waals surface area (Å²) in [5, 5.41) is 9.45. The van der Waals surface area contributed by atoms with E-state index in [9.17, 15) is 9.50 Å². The Morgan fingerprint density at radius 1 is 1.29 bits per heavy atom. The van der Waals surface area contributed by atoms with E-state index in [0.29, 0.717) is 13.0 Å². The Bertz CT molecular complexity index is 622. The molecule has 1 aliphatic heterocycles. The first-order valence-corrected chi connectivity index (χ1v) is 6.98. The molecule has 0 saturated heterocycles. The fraction of sp³-hybridized carbons (Fsp3) is 0.294. The van der Waals surface area contributed by atoms with Gasteiger partial charge in [-0.05, 0) is 42.8 Å². The lowest BCUT2D eigenvalue weighted by Gasteiger charge is -2.13. The molecule has 0 radical (unpaired) electrons. The van der Waals surface area contributed by atoms with Gasteiger partial charge < -0.3 is 14.6 Å². The normalized spacial score (nSPS) is 18.0. The minimum absolute atomic E-state index is 0.0989. The molecule has 1 heterocycles. The molecule has 110 valence electrons. The van der Waals surface area contributed by atoms with Gasteiger partial charge in [-0.15, -0.1) is 0 Å². The van der Waals surface area contributed by atoms with Crippen LogP contribution in [0, 0.1) is 5.82 Å². The van der Waals surface area contributed by atoms with Gasteiger partial charge in [-0.1, -0.05) is 12.1 Å². The second kappa shape index (κ2) is 5.74. The lowest BCUT2D eigenvalue weighted by molar-refractivity contribution is 0.148. The summed E-state index contributed by atoms with van der Waals surface area (Å²) in [5.74, 6) is 1.22. The van der Waals surface area contributed by atoms with Gasteiger partial charge >= 0.3 is 0 Å². The molecule has 0 fully saturated rings. The fourth-order valence-electron chi connectivity index (χ4n) is 2.41. The first-order valence-electron chi connectivity index (χ1n) is 6.98. The van der Waals surface area contributed by atoms with Crippen molar-refractivity contribution in [2.24, 2.45) is 0 Å². The molecule has 1 N–H and O–H groups in total. The minimum atomic E-state index is -0.485. The van der Waals surface area contributed by atoms with Crippen LogP contribution in [0.25, 0.3) is 0 Å². The number of ether oxygens (including phenoxy) is 2. The first-order chi connectivity index (χ1) is 10.1. The number of aliphatic hydroxyl groups is 1. The molecule has 0 saturated carbocycles. The Hall–Kier alpha value is -2.07. The van der Waals surface area contributed by atoms with Gasteiger partial charge in [0.1, 0.15) is 30.0 Å². The number of halogens is 1. The lowest BCUT2D eigenvalue weighted by Crippen LogP contribution is -2.22. The number of fused-ring (bicyclic) bond motifs is 1. The monoisotopic (exact) mass is 288 g/mol. The van der Waals surface area contributed by atoms with Crippen LogP contribution in [0.1, 0.15) is 24.2 Å². The zero-order valence-electron chi connectivity index (χ0n) is 11.8. The van der Waals surface area contributed by atoms with Crippen molar-refractivity contribution in [3.63, 3.8) is 0 Å². The Morgan fingerprint density at radius 3 is 2.76 bits per heavy atom. The molecule has 3 nitrogen and oxygen atoms in total. The van der Waals surface area contributed by atoms with Crippen molar-refractivity contribution in [1.82, 2.24) is 0 Å². The van der Waals surface area contributed by atoms with E-state index in [-0.39, 0.29) is 11.9 Å². The van der Waals surface area contributed by atoms with Crippen LogP contribution >= 0.6 is 0 Å². The van der Waals surface area contributed by atoms with Crippen molar-refractivity contribution < 1.29 is 19.0 Å². The summed E-state index contributed by atoms with van der Waals surface area (Å²) in [4.78, 5) is 0. The van der Waals surface area contributed by atoms with E-state index in [1.54, 1.807) is 13.0 Å². The standard InChI is InChI=1S/C17H17FO3/c1-11(19)12-2-5-15(6-3-12)20-10-16-9-13-8-14(18)4-7-17(13)21-16/h2-8,11,16,19H,9-10H2,1H3/t11-,16?/m1/s1. The van der Waals surface area contributed by atoms with E-state index < -0.39 is 6.10 Å². The molecule has 2 aromatic carbocycles. The van der Waals surface area contributed by atoms with E-state index in [4.69, 9.17) is 9.47 Å². The third-order valence-corrected chi connectivity index (χ3v) is 3.56. The van der Waals surface area contributed by atoms with E-state index in [1.807, 2.05) is 24.3 Å². The quantitative estimate of drug-likeness (QED) is 0.938. The van der Waals surface area contributed by atoms with Crippen molar-refractivity contribution in [2.45, 2.75) is 25.6 Å². The maximum absolute atomic E-state index is 13.1. The summed E-state index contributed by atoms with van der Waals surface area (Å²) in [6, 6.07) is 11.9. The van der Waals surface area contributed by atoms with Crippen LogP contribution in [-0.4, -0.2) is 17.8 Å². The Morgan fingerprint density at radius 2 is 2.05 bits per heavy atom. The molecule has 1 unspecified atom stereocenters. The largest absolute Gasteiger partial charge is 0.490 e. The minimum Gasteiger partial charge on any atom is -0.490 e. The molecule has 3 rings (SSSR count). The maximum atomic E-state index is 13.1. The summed E-state index contributed by atoms with van der Waals surface area (Å²) in [7, 11) is 0. The van der Waals surface area contributed by atoms with Crippen molar-refractivity contribution >= 4 is 0 Å². The third-order valence-electron chi connectivity index (χ3n) is 3.56. The Balaban J connectivity index is 1.57. The van der Waals surface area contributed by atoms with Crippen LogP contribution in [0.15, 0.2) is 42.5 Å². The molecular formula is C17H17FO3. The van der Waals surface area contributed by atoms with Gasteiger partial charge in [0.15, 0.2) is 0 Å². The summed E-state index contributed by atoms with van der Waals surface area (Å²) < 4.78 is 24.5. The van der Waals surface area contributed by atoms with Crippen molar-refractivity contribution in [3.8, 4) is 11.5 Å². The number of hydrogen-bond acceptors (Lipinski definition) is 3. The summed E-state index contributed by atoms with van der Waals surface area (Å²) in [6.07, 6.45) is 0.0682. The summed E-state index contributed by atoms with van der Waals surface area (Å²) in [5.41, 5.74) is 1.73. The van der Waals surface area contributed by atoms with Gasteiger partial charge in [-0.3, -0.25) is 0 Å². The molecule has 2 atom stereocenters. The van der Waals surface area contributed by atoms with E-state index in [2.05, 4.69) is 0 Å². The highest BCUT2D eigenvalue weighted by molar-refractivity contribution is 5.38. The summed E-state index contributed by atoms with van der Waals surface area (Å²) >= 11 is 0. The van der Waals surface area contributed by atoms with Gasteiger partial charge in [0.25, 0.3) is 0 Å². The van der Waals surface area contributed by atoms with Gasteiger partial charge in [0, 0.05) is 12.0 Å². The van der Waals surface area contributed by atoms with Gasteiger partial charge in [-0.2, -0.15) is 0 Å². The third kappa shape index (κ3) is 3.16. The number of hydrogen-bond donors (Lipinski definition) is 1. The second-order valence-electron chi connectivity index (χ2n) is 5.25. The highest BCUT2D eigenvalue weighted by Gasteiger charge is 2.23. The molecule has 21 heavy (non-hydrogen) atoms. The van der Waals surface area contributed by atoms with E-state index in [0.717, 1.165) is 22.6 Å². The molecule has 0 spiro atoms. The highest BCUT2D eigenvalue weighted by Crippen LogP contribution is 2.29. The molecule has 2 aromatic rings. The first kappa shape index (κ1) is 13.9. The van der Waals surface area contributed by atoms with Crippen molar-refractivity contribution in [1.29, 1.82) is 0 Å². The van der Waals surface area contributed by atoms with Crippen LogP contribution in [0.2, 0.25) is 0 Å². The predicted octanol–water partition coefficient (Wildman–Crippen LogP) is 3.26. The SMILES string of the molecule is C[C@@H](O)c1ccc(OCC2Cc3cc(F)ccc3O2)cc1. The van der Waals surface area contributed by atoms with Crippen LogP contribution < -0.4 is 9.47 Å². The maximum Gasteiger partial charge on any atom is 0.137 e. The average molecular weight is 288 g/mol.